The quantitative estimate of drug-likeness (QED) is 0.608. The third-order valence-electron chi connectivity index (χ3n) is 5.64. The van der Waals surface area contributed by atoms with Crippen molar-refractivity contribution in [2.45, 2.75) is 31.1 Å². The molecule has 0 spiro atoms. The number of hydrogen-bond acceptors (Lipinski definition) is 3. The van der Waals surface area contributed by atoms with Crippen molar-refractivity contribution in [3.05, 3.63) is 83.9 Å². The Morgan fingerprint density at radius 1 is 0.871 bits per heavy atom. The first kappa shape index (κ1) is 21.3. The number of hydrogen-bond donors (Lipinski definition) is 1. The van der Waals surface area contributed by atoms with Gasteiger partial charge in [0.15, 0.2) is 0 Å². The Morgan fingerprint density at radius 2 is 1.55 bits per heavy atom. The molecule has 4 rings (SSSR count). The second-order valence-electron chi connectivity index (χ2n) is 7.81. The van der Waals surface area contributed by atoms with Crippen LogP contribution in [0.1, 0.15) is 35.2 Å². The molecule has 0 saturated carbocycles. The Kier molecular flexibility index (Phi) is 6.20. The molecule has 0 atom stereocenters. The SMILES string of the molecule is Cc1ccc(C(=O)Nc2ccccc2-c2ccccc2)cc1S(=O)(=O)N1CCCCC1. The molecule has 1 N–H and O–H groups in total. The van der Waals surface area contributed by atoms with Crippen LogP contribution in [-0.2, 0) is 10.0 Å². The Hall–Kier alpha value is -2.96. The van der Waals surface area contributed by atoms with Gasteiger partial charge >= 0.3 is 0 Å². The number of benzene rings is 3. The van der Waals surface area contributed by atoms with E-state index in [1.165, 1.54) is 10.4 Å². The molecule has 3 aromatic carbocycles. The number of anilines is 1. The largest absolute Gasteiger partial charge is 0.321 e. The summed E-state index contributed by atoms with van der Waals surface area (Å²) in [7, 11) is -3.62. The number of rotatable bonds is 5. The summed E-state index contributed by atoms with van der Waals surface area (Å²) in [5, 5.41) is 2.96. The first-order valence-electron chi connectivity index (χ1n) is 10.5. The third kappa shape index (κ3) is 4.55. The fourth-order valence-electron chi connectivity index (χ4n) is 3.92. The molecule has 3 aromatic rings. The van der Waals surface area contributed by atoms with Gasteiger partial charge in [-0.15, -0.1) is 0 Å². The molecule has 1 saturated heterocycles. The topological polar surface area (TPSA) is 66.5 Å². The predicted molar refractivity (Wildman–Crippen MR) is 124 cm³/mol. The van der Waals surface area contributed by atoms with Crippen LogP contribution >= 0.6 is 0 Å². The minimum Gasteiger partial charge on any atom is -0.321 e. The minimum absolute atomic E-state index is 0.207. The van der Waals surface area contributed by atoms with Gasteiger partial charge in [0.25, 0.3) is 5.91 Å². The number of para-hydroxylation sites is 1. The molecule has 1 aliphatic heterocycles. The molecule has 6 heteroatoms. The molecule has 1 amide bonds. The Bertz CT molecular complexity index is 1180. The summed E-state index contributed by atoms with van der Waals surface area (Å²) in [5.41, 5.74) is 3.55. The molecule has 1 heterocycles. The molecule has 0 unspecified atom stereocenters. The van der Waals surface area contributed by atoms with Crippen molar-refractivity contribution in [3.8, 4) is 11.1 Å². The van der Waals surface area contributed by atoms with Gasteiger partial charge < -0.3 is 5.32 Å². The van der Waals surface area contributed by atoms with Crippen LogP contribution in [0.4, 0.5) is 5.69 Å². The highest BCUT2D eigenvalue weighted by atomic mass is 32.2. The van der Waals surface area contributed by atoms with Crippen molar-refractivity contribution in [1.82, 2.24) is 4.31 Å². The van der Waals surface area contributed by atoms with Gasteiger partial charge in [-0.05, 0) is 49.1 Å². The Balaban J connectivity index is 1.63. The first-order chi connectivity index (χ1) is 15.0. The maximum absolute atomic E-state index is 13.2. The maximum Gasteiger partial charge on any atom is 0.255 e. The molecule has 1 aliphatic rings. The van der Waals surface area contributed by atoms with Crippen LogP contribution in [0.2, 0.25) is 0 Å². The van der Waals surface area contributed by atoms with E-state index in [-0.39, 0.29) is 10.8 Å². The van der Waals surface area contributed by atoms with E-state index in [1.807, 2.05) is 54.6 Å². The van der Waals surface area contributed by atoms with Crippen LogP contribution in [0.15, 0.2) is 77.7 Å². The number of carbonyl (C=O) groups excluding carboxylic acids is 1. The summed E-state index contributed by atoms with van der Waals surface area (Å²) in [6.45, 7) is 2.83. The molecular formula is C25H26N2O3S. The lowest BCUT2D eigenvalue weighted by Crippen LogP contribution is -2.36. The smallest absolute Gasteiger partial charge is 0.255 e. The Morgan fingerprint density at radius 3 is 2.29 bits per heavy atom. The van der Waals surface area contributed by atoms with Crippen LogP contribution in [-0.4, -0.2) is 31.7 Å². The van der Waals surface area contributed by atoms with Crippen molar-refractivity contribution >= 4 is 21.6 Å². The van der Waals surface area contributed by atoms with Gasteiger partial charge in [-0.1, -0.05) is 61.0 Å². The van der Waals surface area contributed by atoms with Crippen LogP contribution in [0, 0.1) is 6.92 Å². The van der Waals surface area contributed by atoms with E-state index in [2.05, 4.69) is 5.32 Å². The number of amides is 1. The highest BCUT2D eigenvalue weighted by Gasteiger charge is 2.28. The van der Waals surface area contributed by atoms with Crippen LogP contribution < -0.4 is 5.32 Å². The van der Waals surface area contributed by atoms with Crippen LogP contribution in [0.25, 0.3) is 11.1 Å². The lowest BCUT2D eigenvalue weighted by atomic mass is 10.0. The van der Waals surface area contributed by atoms with Crippen molar-refractivity contribution in [2.24, 2.45) is 0 Å². The average Bonchev–Trinajstić information content (AvgIpc) is 2.80. The molecular weight excluding hydrogens is 408 g/mol. The van der Waals surface area contributed by atoms with Crippen molar-refractivity contribution < 1.29 is 13.2 Å². The van der Waals surface area contributed by atoms with Crippen LogP contribution in [0.3, 0.4) is 0 Å². The molecule has 5 nitrogen and oxygen atoms in total. The summed E-state index contributed by atoms with van der Waals surface area (Å²) < 4.78 is 27.9. The predicted octanol–water partition coefficient (Wildman–Crippen LogP) is 5.09. The standard InChI is InChI=1S/C25H26N2O3S/c1-19-14-15-21(18-24(19)31(29,30)27-16-8-3-9-17-27)25(28)26-23-13-7-6-12-22(23)20-10-4-2-5-11-20/h2,4-7,10-15,18H,3,8-9,16-17H2,1H3,(H,26,28). The summed E-state index contributed by atoms with van der Waals surface area (Å²) in [5.74, 6) is -0.335. The van der Waals surface area contributed by atoms with Crippen molar-refractivity contribution in [2.75, 3.05) is 18.4 Å². The van der Waals surface area contributed by atoms with Gasteiger partial charge in [0, 0.05) is 29.9 Å². The fraction of sp³-hybridized carbons (Fsp3) is 0.240. The first-order valence-corrected chi connectivity index (χ1v) is 12.0. The number of piperidine rings is 1. The maximum atomic E-state index is 13.2. The monoisotopic (exact) mass is 434 g/mol. The molecule has 0 aliphatic carbocycles. The highest BCUT2D eigenvalue weighted by molar-refractivity contribution is 7.89. The lowest BCUT2D eigenvalue weighted by molar-refractivity contribution is 0.102. The second kappa shape index (κ2) is 9.04. The molecule has 31 heavy (non-hydrogen) atoms. The summed E-state index contributed by atoms with van der Waals surface area (Å²) in [6.07, 6.45) is 2.79. The number of carbonyl (C=O) groups is 1. The van der Waals surface area contributed by atoms with Gasteiger partial charge in [0.2, 0.25) is 10.0 Å². The number of nitrogens with zero attached hydrogens (tertiary/aromatic N) is 1. The average molecular weight is 435 g/mol. The van der Waals surface area contributed by atoms with E-state index in [1.54, 1.807) is 19.1 Å². The van der Waals surface area contributed by atoms with Crippen molar-refractivity contribution in [3.63, 3.8) is 0 Å². The molecule has 0 aromatic heterocycles. The zero-order chi connectivity index (χ0) is 21.8. The number of nitrogens with one attached hydrogen (secondary N) is 1. The van der Waals surface area contributed by atoms with E-state index in [9.17, 15) is 13.2 Å². The highest BCUT2D eigenvalue weighted by Crippen LogP contribution is 2.29. The number of aryl methyl sites for hydroxylation is 1. The van der Waals surface area contributed by atoms with E-state index < -0.39 is 10.0 Å². The molecule has 0 radical (unpaired) electrons. The van der Waals surface area contributed by atoms with Gasteiger partial charge in [-0.3, -0.25) is 4.79 Å². The van der Waals surface area contributed by atoms with Gasteiger partial charge in [-0.2, -0.15) is 4.31 Å². The zero-order valence-corrected chi connectivity index (χ0v) is 18.4. The van der Waals surface area contributed by atoms with Crippen LogP contribution in [0.5, 0.6) is 0 Å². The normalized spacial score (nSPS) is 14.9. The van der Waals surface area contributed by atoms with Gasteiger partial charge in [0.05, 0.1) is 4.90 Å². The Labute approximate surface area is 183 Å². The van der Waals surface area contributed by atoms with E-state index in [4.69, 9.17) is 0 Å². The van der Waals surface area contributed by atoms with E-state index in [0.717, 1.165) is 30.4 Å². The molecule has 160 valence electrons. The molecule has 0 bridgehead atoms. The second-order valence-corrected chi connectivity index (χ2v) is 9.72. The summed E-state index contributed by atoms with van der Waals surface area (Å²) in [6, 6.07) is 22.3. The minimum atomic E-state index is -3.62. The third-order valence-corrected chi connectivity index (χ3v) is 7.68. The van der Waals surface area contributed by atoms with Gasteiger partial charge in [-0.25, -0.2) is 8.42 Å². The van der Waals surface area contributed by atoms with Gasteiger partial charge in [0.1, 0.15) is 0 Å². The zero-order valence-electron chi connectivity index (χ0n) is 17.5. The van der Waals surface area contributed by atoms with Crippen molar-refractivity contribution in [1.29, 1.82) is 0 Å². The fourth-order valence-corrected chi connectivity index (χ4v) is 5.69. The summed E-state index contributed by atoms with van der Waals surface area (Å²) in [4.78, 5) is 13.3. The lowest BCUT2D eigenvalue weighted by Gasteiger charge is -2.26. The molecule has 1 fully saturated rings. The van der Waals surface area contributed by atoms with E-state index >= 15 is 0 Å². The summed E-state index contributed by atoms with van der Waals surface area (Å²) >= 11 is 0. The number of sulfonamides is 1. The van der Waals surface area contributed by atoms with E-state index in [0.29, 0.717) is 29.9 Å².